The fraction of sp³-hybridized carbons (Fsp3) is 0.138. The number of carbonyl (C=O) groups is 1. The maximum Gasteiger partial charge on any atom is 0.314 e. The molecule has 6 heteroatoms. The van der Waals surface area contributed by atoms with Gasteiger partial charge in [0.2, 0.25) is 0 Å². The van der Waals surface area contributed by atoms with E-state index in [2.05, 4.69) is 10.5 Å². The number of hydrogen-bond acceptors (Lipinski definition) is 5. The summed E-state index contributed by atoms with van der Waals surface area (Å²) in [6.45, 7) is 1.90. The third-order valence-electron chi connectivity index (χ3n) is 6.79. The summed E-state index contributed by atoms with van der Waals surface area (Å²) in [5.41, 5.74) is 5.62. The van der Waals surface area contributed by atoms with Gasteiger partial charge in [0.05, 0.1) is 10.9 Å². The average molecular weight is 462 g/mol. The van der Waals surface area contributed by atoms with E-state index in [0.29, 0.717) is 18.6 Å². The lowest BCUT2D eigenvalue weighted by Crippen LogP contribution is -2.19. The minimum absolute atomic E-state index is 0.650. The van der Waals surface area contributed by atoms with E-state index in [1.807, 2.05) is 91.9 Å². The molecule has 2 heterocycles. The van der Waals surface area contributed by atoms with Gasteiger partial charge in [0, 0.05) is 10.9 Å². The Morgan fingerprint density at radius 1 is 0.886 bits per heavy atom. The topological polar surface area (TPSA) is 88.2 Å². The first kappa shape index (κ1) is 21.1. The summed E-state index contributed by atoms with van der Waals surface area (Å²) in [5, 5.41) is 18.2. The first-order valence-corrected chi connectivity index (χ1v) is 11.6. The molecule has 2 aromatic heterocycles. The normalized spacial score (nSPS) is 14.1. The van der Waals surface area contributed by atoms with E-state index >= 15 is 0 Å². The van der Waals surface area contributed by atoms with Crippen LogP contribution in [-0.2, 0) is 10.2 Å². The van der Waals surface area contributed by atoms with Gasteiger partial charge in [-0.3, -0.25) is 4.79 Å². The molecule has 0 amide bonds. The van der Waals surface area contributed by atoms with Crippen LogP contribution in [0.25, 0.3) is 33.4 Å². The van der Waals surface area contributed by atoms with Crippen LogP contribution < -0.4 is 5.32 Å². The van der Waals surface area contributed by atoms with Crippen molar-refractivity contribution in [3.8, 4) is 22.5 Å². The molecule has 0 unspecified atom stereocenters. The molecule has 0 aliphatic heterocycles. The Morgan fingerprint density at radius 3 is 2.23 bits per heavy atom. The van der Waals surface area contributed by atoms with Crippen LogP contribution in [0.1, 0.15) is 24.1 Å². The number of hydrogen-bond donors (Lipinski definition) is 2. The average Bonchev–Trinajstić information content (AvgIpc) is 3.64. The molecule has 6 rings (SSSR count). The predicted octanol–water partition coefficient (Wildman–Crippen LogP) is 6.73. The summed E-state index contributed by atoms with van der Waals surface area (Å²) in [7, 11) is 0. The highest BCUT2D eigenvalue weighted by molar-refractivity contribution is 5.86. The molecule has 0 radical (unpaired) electrons. The van der Waals surface area contributed by atoms with Crippen LogP contribution in [0.3, 0.4) is 0 Å². The predicted molar refractivity (Wildman–Crippen MR) is 136 cm³/mol. The number of carboxylic acid groups (broad SMARTS) is 1. The standard InChI is InChI=1S/C29H23N3O3/c1-18-26(31-25-15-12-21-4-2-3-5-24(21)30-25)27(35-32-18)22-8-6-19(7-9-22)20-10-13-23(14-11-20)29(16-17-29)28(33)34/h2-15H,16-17H2,1H3,(H,30,31)(H,33,34). The van der Waals surface area contributed by atoms with Crippen molar-refractivity contribution < 1.29 is 14.4 Å². The van der Waals surface area contributed by atoms with Crippen molar-refractivity contribution in [2.45, 2.75) is 25.2 Å². The molecule has 0 atom stereocenters. The summed E-state index contributed by atoms with van der Waals surface area (Å²) in [4.78, 5) is 16.3. The molecule has 2 N–H and O–H groups in total. The van der Waals surface area contributed by atoms with Gasteiger partial charge in [0.15, 0.2) is 5.76 Å². The number of anilines is 2. The Labute approximate surface area is 202 Å². The van der Waals surface area contributed by atoms with Crippen molar-refractivity contribution in [2.75, 3.05) is 5.32 Å². The maximum absolute atomic E-state index is 11.6. The summed E-state index contributed by atoms with van der Waals surface area (Å²) in [5.74, 6) is 0.638. The summed E-state index contributed by atoms with van der Waals surface area (Å²) in [6, 6.07) is 27.9. The lowest BCUT2D eigenvalue weighted by atomic mass is 9.93. The Bertz CT molecular complexity index is 1550. The maximum atomic E-state index is 11.6. The van der Waals surface area contributed by atoms with Gasteiger partial charge in [-0.05, 0) is 54.7 Å². The van der Waals surface area contributed by atoms with Crippen LogP contribution in [0, 0.1) is 6.92 Å². The molecule has 0 saturated heterocycles. The number of benzene rings is 3. The van der Waals surface area contributed by atoms with Crippen LogP contribution in [0.5, 0.6) is 0 Å². The number of nitrogens with zero attached hydrogens (tertiary/aromatic N) is 2. The van der Waals surface area contributed by atoms with Crippen LogP contribution in [0.4, 0.5) is 11.5 Å². The molecule has 3 aromatic carbocycles. The number of rotatable bonds is 6. The summed E-state index contributed by atoms with van der Waals surface area (Å²) >= 11 is 0. The second-order valence-corrected chi connectivity index (χ2v) is 9.03. The molecule has 1 saturated carbocycles. The first-order chi connectivity index (χ1) is 17.0. The van der Waals surface area contributed by atoms with Gasteiger partial charge < -0.3 is 14.9 Å². The molecular weight excluding hydrogens is 438 g/mol. The number of fused-ring (bicyclic) bond motifs is 1. The van der Waals surface area contributed by atoms with E-state index in [0.717, 1.165) is 50.4 Å². The second-order valence-electron chi connectivity index (χ2n) is 9.03. The van der Waals surface area contributed by atoms with Crippen LogP contribution in [0.2, 0.25) is 0 Å². The van der Waals surface area contributed by atoms with Crippen molar-refractivity contribution in [1.29, 1.82) is 0 Å². The number of carboxylic acids is 1. The molecule has 1 aliphatic rings. The zero-order valence-electron chi connectivity index (χ0n) is 19.2. The minimum Gasteiger partial charge on any atom is -0.481 e. The SMILES string of the molecule is Cc1noc(-c2ccc(-c3ccc(C4(C(=O)O)CC4)cc3)cc2)c1Nc1ccc2ccccc2n1. The van der Waals surface area contributed by atoms with E-state index in [1.54, 1.807) is 0 Å². The summed E-state index contributed by atoms with van der Waals surface area (Å²) in [6.07, 6.45) is 1.41. The molecular formula is C29H23N3O3. The van der Waals surface area contributed by atoms with Gasteiger partial charge in [0.1, 0.15) is 17.2 Å². The minimum atomic E-state index is -0.736. The highest BCUT2D eigenvalue weighted by Gasteiger charge is 2.51. The van der Waals surface area contributed by atoms with Crippen molar-refractivity contribution >= 4 is 28.4 Å². The number of para-hydroxylation sites is 1. The van der Waals surface area contributed by atoms with Crippen molar-refractivity contribution in [3.05, 3.63) is 96.2 Å². The zero-order valence-corrected chi connectivity index (χ0v) is 19.2. The Balaban J connectivity index is 1.26. The van der Waals surface area contributed by atoms with Gasteiger partial charge in [-0.2, -0.15) is 0 Å². The van der Waals surface area contributed by atoms with Crippen LogP contribution >= 0.6 is 0 Å². The number of aliphatic carboxylic acids is 1. The molecule has 1 fully saturated rings. The quantitative estimate of drug-likeness (QED) is 0.292. The monoisotopic (exact) mass is 461 g/mol. The highest BCUT2D eigenvalue weighted by atomic mass is 16.5. The van der Waals surface area contributed by atoms with Gasteiger partial charge in [0.25, 0.3) is 0 Å². The lowest BCUT2D eigenvalue weighted by molar-refractivity contribution is -0.140. The number of nitrogens with one attached hydrogen (secondary N) is 1. The van der Waals surface area contributed by atoms with Crippen molar-refractivity contribution in [2.24, 2.45) is 0 Å². The highest BCUT2D eigenvalue weighted by Crippen LogP contribution is 2.48. The van der Waals surface area contributed by atoms with Crippen LogP contribution in [0.15, 0.2) is 89.5 Å². The Kier molecular flexibility index (Phi) is 4.88. The fourth-order valence-corrected chi connectivity index (χ4v) is 4.52. The third kappa shape index (κ3) is 3.73. The molecule has 0 bridgehead atoms. The fourth-order valence-electron chi connectivity index (χ4n) is 4.52. The van der Waals surface area contributed by atoms with Gasteiger partial charge in [-0.1, -0.05) is 71.9 Å². The molecule has 6 nitrogen and oxygen atoms in total. The van der Waals surface area contributed by atoms with Crippen molar-refractivity contribution in [3.63, 3.8) is 0 Å². The molecule has 1 aliphatic carbocycles. The van der Waals surface area contributed by atoms with Crippen molar-refractivity contribution in [1.82, 2.24) is 10.1 Å². The second kappa shape index (κ2) is 8.09. The molecule has 5 aromatic rings. The summed E-state index contributed by atoms with van der Waals surface area (Å²) < 4.78 is 5.67. The Morgan fingerprint density at radius 2 is 1.54 bits per heavy atom. The molecule has 0 spiro atoms. The smallest absolute Gasteiger partial charge is 0.314 e. The first-order valence-electron chi connectivity index (χ1n) is 11.6. The third-order valence-corrected chi connectivity index (χ3v) is 6.79. The van der Waals surface area contributed by atoms with E-state index < -0.39 is 11.4 Å². The molecule has 35 heavy (non-hydrogen) atoms. The zero-order chi connectivity index (χ0) is 24.0. The van der Waals surface area contributed by atoms with Gasteiger partial charge in [-0.25, -0.2) is 4.98 Å². The van der Waals surface area contributed by atoms with E-state index in [9.17, 15) is 9.90 Å². The van der Waals surface area contributed by atoms with Gasteiger partial charge >= 0.3 is 5.97 Å². The number of aromatic nitrogens is 2. The van der Waals surface area contributed by atoms with E-state index in [1.165, 1.54) is 0 Å². The van der Waals surface area contributed by atoms with E-state index in [-0.39, 0.29) is 0 Å². The number of pyridine rings is 1. The number of aryl methyl sites for hydroxylation is 1. The lowest BCUT2D eigenvalue weighted by Gasteiger charge is -2.11. The largest absolute Gasteiger partial charge is 0.481 e. The van der Waals surface area contributed by atoms with Crippen LogP contribution in [-0.4, -0.2) is 21.2 Å². The molecule has 172 valence electrons. The van der Waals surface area contributed by atoms with E-state index in [4.69, 9.17) is 9.51 Å². The Hall–Kier alpha value is -4.45. The van der Waals surface area contributed by atoms with Gasteiger partial charge in [-0.15, -0.1) is 0 Å².